The maximum absolute atomic E-state index is 12.3. The van der Waals surface area contributed by atoms with Crippen LogP contribution in [0.4, 0.5) is 0 Å². The number of rotatable bonds is 9. The normalized spacial score (nSPS) is 12.5. The van der Waals surface area contributed by atoms with E-state index in [0.717, 1.165) is 4.57 Å². The van der Waals surface area contributed by atoms with Gasteiger partial charge in [0, 0.05) is 21.0 Å². The fourth-order valence-electron chi connectivity index (χ4n) is 2.36. The highest BCUT2D eigenvalue weighted by Crippen LogP contribution is 2.06. The largest absolute Gasteiger partial charge is 0.463 e. The molecule has 2 aromatic heterocycles. The van der Waals surface area contributed by atoms with E-state index in [9.17, 15) is 19.5 Å². The molecule has 0 fully saturated rings. The van der Waals surface area contributed by atoms with Crippen molar-refractivity contribution in [2.24, 2.45) is 14.1 Å². The van der Waals surface area contributed by atoms with Crippen molar-refractivity contribution in [3.8, 4) is 0 Å². The highest BCUT2D eigenvalue weighted by Gasteiger charge is 2.16. The molecule has 0 radical (unpaired) electrons. The molecular formula is C15H22N4O7. The van der Waals surface area contributed by atoms with E-state index in [-0.39, 0.29) is 50.3 Å². The van der Waals surface area contributed by atoms with Gasteiger partial charge in [0.2, 0.25) is 0 Å². The summed E-state index contributed by atoms with van der Waals surface area (Å²) in [5.41, 5.74) is -0.476. The minimum atomic E-state index is -0.911. The Bertz CT molecular complexity index is 882. The first kappa shape index (κ1) is 19.8. The fraction of sp³-hybridized carbons (Fsp3) is 0.600. The lowest BCUT2D eigenvalue weighted by molar-refractivity contribution is -0.145. The Labute approximate surface area is 148 Å². The van der Waals surface area contributed by atoms with Gasteiger partial charge < -0.3 is 23.9 Å². The van der Waals surface area contributed by atoms with E-state index in [1.807, 2.05) is 0 Å². The number of carbonyl (C=O) groups is 1. The molecule has 1 atom stereocenters. The summed E-state index contributed by atoms with van der Waals surface area (Å²) in [6.07, 6.45) is 0.482. The molecule has 0 saturated carbocycles. The molecule has 0 saturated heterocycles. The Balaban J connectivity index is 1.90. The number of esters is 1. The van der Waals surface area contributed by atoms with Crippen LogP contribution in [0.5, 0.6) is 0 Å². The summed E-state index contributed by atoms with van der Waals surface area (Å²) in [6, 6.07) is 0. The Morgan fingerprint density at radius 1 is 1.23 bits per heavy atom. The zero-order valence-electron chi connectivity index (χ0n) is 14.9. The number of hydrogen-bond acceptors (Lipinski definition) is 8. The second-order valence-electron chi connectivity index (χ2n) is 5.67. The van der Waals surface area contributed by atoms with E-state index >= 15 is 0 Å². The van der Waals surface area contributed by atoms with Gasteiger partial charge in [0.25, 0.3) is 5.56 Å². The number of fused-ring (bicyclic) bond motifs is 1. The number of aliphatic hydroxyl groups is 1. The number of aryl methyl sites for hydroxylation is 1. The summed E-state index contributed by atoms with van der Waals surface area (Å²) in [7, 11) is 2.91. The molecule has 2 aromatic rings. The van der Waals surface area contributed by atoms with Crippen molar-refractivity contribution in [2.45, 2.75) is 19.6 Å². The predicted molar refractivity (Wildman–Crippen MR) is 89.6 cm³/mol. The third kappa shape index (κ3) is 4.56. The first-order valence-corrected chi connectivity index (χ1v) is 7.90. The fourth-order valence-corrected chi connectivity index (χ4v) is 2.36. The molecule has 144 valence electrons. The average Bonchev–Trinajstić information content (AvgIpc) is 3.00. The number of ether oxygens (including phenoxy) is 3. The zero-order chi connectivity index (χ0) is 19.3. The summed E-state index contributed by atoms with van der Waals surface area (Å²) in [5.74, 6) is -0.388. The van der Waals surface area contributed by atoms with E-state index < -0.39 is 17.4 Å². The molecule has 0 amide bonds. The molecule has 0 aliphatic heterocycles. The van der Waals surface area contributed by atoms with Crippen molar-refractivity contribution in [3.05, 3.63) is 27.2 Å². The Morgan fingerprint density at radius 2 is 1.96 bits per heavy atom. The maximum atomic E-state index is 12.3. The summed E-state index contributed by atoms with van der Waals surface area (Å²) in [6.45, 7) is 1.59. The highest BCUT2D eigenvalue weighted by atomic mass is 16.7. The molecular weight excluding hydrogens is 348 g/mol. The molecule has 2 rings (SSSR count). The van der Waals surface area contributed by atoms with Crippen LogP contribution in [0, 0.1) is 0 Å². The van der Waals surface area contributed by atoms with Crippen molar-refractivity contribution in [1.29, 1.82) is 0 Å². The van der Waals surface area contributed by atoms with E-state index in [2.05, 4.69) is 9.72 Å². The summed E-state index contributed by atoms with van der Waals surface area (Å²) < 4.78 is 18.7. The Morgan fingerprint density at radius 3 is 2.65 bits per heavy atom. The first-order chi connectivity index (χ1) is 12.3. The first-order valence-electron chi connectivity index (χ1n) is 7.90. The lowest BCUT2D eigenvalue weighted by Crippen LogP contribution is -2.38. The number of imidazole rings is 1. The number of carbonyl (C=O) groups excluding carboxylic acids is 1. The molecule has 1 N–H and O–H groups in total. The van der Waals surface area contributed by atoms with Gasteiger partial charge in [0.05, 0.1) is 32.2 Å². The second-order valence-corrected chi connectivity index (χ2v) is 5.67. The van der Waals surface area contributed by atoms with Gasteiger partial charge in [-0.25, -0.2) is 9.78 Å². The molecule has 26 heavy (non-hydrogen) atoms. The smallest absolute Gasteiger partial charge is 0.332 e. The molecule has 0 aliphatic rings. The van der Waals surface area contributed by atoms with Crippen molar-refractivity contribution < 1.29 is 24.1 Å². The molecule has 0 aromatic carbocycles. The average molecular weight is 370 g/mol. The van der Waals surface area contributed by atoms with Gasteiger partial charge in [-0.05, 0) is 0 Å². The number of hydrogen-bond donors (Lipinski definition) is 1. The maximum Gasteiger partial charge on any atom is 0.332 e. The third-order valence-electron chi connectivity index (χ3n) is 3.63. The van der Waals surface area contributed by atoms with Crippen molar-refractivity contribution in [1.82, 2.24) is 18.7 Å². The molecule has 11 nitrogen and oxygen atoms in total. The number of aliphatic hydroxyl groups excluding tert-OH is 1. The predicted octanol–water partition coefficient (Wildman–Crippen LogP) is -1.65. The van der Waals surface area contributed by atoms with Crippen LogP contribution in [0.2, 0.25) is 0 Å². The molecule has 0 spiro atoms. The van der Waals surface area contributed by atoms with Gasteiger partial charge in [-0.3, -0.25) is 18.7 Å². The summed E-state index contributed by atoms with van der Waals surface area (Å²) in [5, 5.41) is 10.1. The zero-order valence-corrected chi connectivity index (χ0v) is 14.9. The van der Waals surface area contributed by atoms with E-state index in [0.29, 0.717) is 0 Å². The van der Waals surface area contributed by atoms with Crippen molar-refractivity contribution in [2.75, 3.05) is 26.6 Å². The molecule has 1 unspecified atom stereocenters. The van der Waals surface area contributed by atoms with Crippen LogP contribution < -0.4 is 11.2 Å². The quantitative estimate of drug-likeness (QED) is 0.316. The van der Waals surface area contributed by atoms with E-state index in [1.54, 1.807) is 0 Å². The van der Waals surface area contributed by atoms with Crippen molar-refractivity contribution in [3.63, 3.8) is 0 Å². The van der Waals surface area contributed by atoms with E-state index in [1.165, 1.54) is 36.5 Å². The Kier molecular flexibility index (Phi) is 6.66. The van der Waals surface area contributed by atoms with Crippen LogP contribution in [-0.4, -0.2) is 62.5 Å². The third-order valence-corrected chi connectivity index (χ3v) is 3.63. The lowest BCUT2D eigenvalue weighted by Gasteiger charge is -2.13. The molecule has 0 aliphatic carbocycles. The number of aromatic nitrogens is 4. The Hall–Kier alpha value is -2.50. The standard InChI is InChI=1S/C15H22N4O7/c1-10(20)26-5-4-24-9-25-7-11(21)6-19-8-16-13-12(19)14(22)18(3)15(23)17(13)2/h8,11,21H,4-7,9H2,1-3H3. The van der Waals surface area contributed by atoms with Crippen LogP contribution in [-0.2, 0) is 39.6 Å². The van der Waals surface area contributed by atoms with Gasteiger partial charge in [-0.15, -0.1) is 0 Å². The van der Waals surface area contributed by atoms with Gasteiger partial charge in [0.1, 0.15) is 13.4 Å². The topological polar surface area (TPSA) is 127 Å². The van der Waals surface area contributed by atoms with Crippen molar-refractivity contribution >= 4 is 17.1 Å². The number of nitrogens with zero attached hydrogens (tertiary/aromatic N) is 4. The SMILES string of the molecule is CC(=O)OCCOCOCC(O)Cn1cnc2c1c(=O)n(C)c(=O)n2C. The van der Waals surface area contributed by atoms with Crippen LogP contribution in [0.1, 0.15) is 6.92 Å². The van der Waals surface area contributed by atoms with E-state index in [4.69, 9.17) is 9.47 Å². The van der Waals surface area contributed by atoms with Crippen LogP contribution in [0.15, 0.2) is 15.9 Å². The molecule has 11 heteroatoms. The minimum absolute atomic E-state index is 0.0285. The minimum Gasteiger partial charge on any atom is -0.463 e. The van der Waals surface area contributed by atoms with Crippen LogP contribution >= 0.6 is 0 Å². The monoisotopic (exact) mass is 370 g/mol. The lowest BCUT2D eigenvalue weighted by atomic mass is 10.3. The summed E-state index contributed by atoms with van der Waals surface area (Å²) in [4.78, 5) is 38.8. The molecule has 0 bridgehead atoms. The van der Waals surface area contributed by atoms with Gasteiger partial charge in [0.15, 0.2) is 11.2 Å². The molecule has 2 heterocycles. The second kappa shape index (κ2) is 8.74. The summed E-state index contributed by atoms with van der Waals surface area (Å²) >= 11 is 0. The van der Waals surface area contributed by atoms with Gasteiger partial charge in [-0.2, -0.15) is 0 Å². The van der Waals surface area contributed by atoms with Crippen LogP contribution in [0.25, 0.3) is 11.2 Å². The van der Waals surface area contributed by atoms with Gasteiger partial charge >= 0.3 is 11.7 Å². The van der Waals surface area contributed by atoms with Gasteiger partial charge in [-0.1, -0.05) is 0 Å². The highest BCUT2D eigenvalue weighted by molar-refractivity contribution is 5.69. The van der Waals surface area contributed by atoms with Crippen LogP contribution in [0.3, 0.4) is 0 Å².